The van der Waals surface area contributed by atoms with Crippen LogP contribution in [0.25, 0.3) is 0 Å². The highest BCUT2D eigenvalue weighted by Crippen LogP contribution is 2.28. The monoisotopic (exact) mass is 259 g/mol. The average Bonchev–Trinajstić information content (AvgIpc) is 2.76. The molecule has 104 valence electrons. The van der Waals surface area contributed by atoms with E-state index in [-0.39, 0.29) is 0 Å². The fraction of sp³-hybridized carbons (Fsp3) is 0.562. The molecule has 1 heterocycles. The number of nitrogens with one attached hydrogen (secondary N) is 1. The Kier molecular flexibility index (Phi) is 4.46. The van der Waals surface area contributed by atoms with Crippen LogP contribution in [-0.2, 0) is 6.42 Å². The summed E-state index contributed by atoms with van der Waals surface area (Å²) in [6.07, 6.45) is 2.28. The summed E-state index contributed by atoms with van der Waals surface area (Å²) in [4.78, 5) is 6.76. The highest BCUT2D eigenvalue weighted by Gasteiger charge is 2.30. The summed E-state index contributed by atoms with van der Waals surface area (Å²) in [6, 6.07) is 10.6. The van der Waals surface area contributed by atoms with Crippen LogP contribution in [0, 0.1) is 5.41 Å². The molecule has 3 heteroatoms. The Hall–Kier alpha value is -1.51. The van der Waals surface area contributed by atoms with Gasteiger partial charge in [0.05, 0.1) is 0 Å². The molecule has 0 aromatic heterocycles. The smallest absolute Gasteiger partial charge is 0.193 e. The SMILES string of the molecule is CN=C(NCCc1ccccc1)N1CCC(C)(C)C1. The van der Waals surface area contributed by atoms with Crippen LogP contribution in [0.15, 0.2) is 35.3 Å². The van der Waals surface area contributed by atoms with Crippen molar-refractivity contribution >= 4 is 5.96 Å². The van der Waals surface area contributed by atoms with E-state index in [0.29, 0.717) is 5.41 Å². The normalized spacial score (nSPS) is 18.7. The van der Waals surface area contributed by atoms with Gasteiger partial charge in [0.15, 0.2) is 5.96 Å². The van der Waals surface area contributed by atoms with Gasteiger partial charge in [0.1, 0.15) is 0 Å². The van der Waals surface area contributed by atoms with Gasteiger partial charge in [0.25, 0.3) is 0 Å². The van der Waals surface area contributed by atoms with Gasteiger partial charge in [0.2, 0.25) is 0 Å². The summed E-state index contributed by atoms with van der Waals surface area (Å²) < 4.78 is 0. The van der Waals surface area contributed by atoms with Crippen molar-refractivity contribution in [1.29, 1.82) is 0 Å². The summed E-state index contributed by atoms with van der Waals surface area (Å²) in [6.45, 7) is 7.79. The molecule has 19 heavy (non-hydrogen) atoms. The Balaban J connectivity index is 1.81. The first kappa shape index (κ1) is 13.9. The van der Waals surface area contributed by atoms with Gasteiger partial charge < -0.3 is 10.2 Å². The maximum absolute atomic E-state index is 4.40. The second kappa shape index (κ2) is 6.09. The van der Waals surface area contributed by atoms with E-state index in [1.165, 1.54) is 12.0 Å². The molecule has 0 amide bonds. The summed E-state index contributed by atoms with van der Waals surface area (Å²) in [5.41, 5.74) is 1.78. The minimum absolute atomic E-state index is 0.414. The molecule has 1 fully saturated rings. The molecule has 1 aliphatic rings. The molecule has 1 N–H and O–H groups in total. The summed E-state index contributed by atoms with van der Waals surface area (Å²) in [5.74, 6) is 1.04. The zero-order chi connectivity index (χ0) is 13.7. The van der Waals surface area contributed by atoms with Crippen molar-refractivity contribution in [1.82, 2.24) is 10.2 Å². The lowest BCUT2D eigenvalue weighted by Gasteiger charge is -2.23. The third-order valence-corrected chi connectivity index (χ3v) is 3.73. The molecule has 0 aliphatic carbocycles. The van der Waals surface area contributed by atoms with Crippen molar-refractivity contribution in [3.8, 4) is 0 Å². The fourth-order valence-corrected chi connectivity index (χ4v) is 2.59. The van der Waals surface area contributed by atoms with Crippen LogP contribution in [0.2, 0.25) is 0 Å². The second-order valence-electron chi connectivity index (χ2n) is 6.05. The molecule has 0 atom stereocenters. The van der Waals surface area contributed by atoms with E-state index < -0.39 is 0 Å². The Morgan fingerprint density at radius 3 is 2.63 bits per heavy atom. The Labute approximate surface area is 116 Å². The first-order chi connectivity index (χ1) is 9.11. The van der Waals surface area contributed by atoms with E-state index in [1.807, 2.05) is 7.05 Å². The molecule has 0 unspecified atom stereocenters. The number of likely N-dealkylation sites (tertiary alicyclic amines) is 1. The molecular weight excluding hydrogens is 234 g/mol. The predicted molar refractivity (Wildman–Crippen MR) is 81.5 cm³/mol. The molecule has 0 saturated carbocycles. The van der Waals surface area contributed by atoms with E-state index in [4.69, 9.17) is 0 Å². The molecule has 0 spiro atoms. The maximum Gasteiger partial charge on any atom is 0.193 e. The molecular formula is C16H25N3. The van der Waals surface area contributed by atoms with Crippen molar-refractivity contribution in [2.45, 2.75) is 26.7 Å². The van der Waals surface area contributed by atoms with Crippen molar-refractivity contribution in [3.05, 3.63) is 35.9 Å². The van der Waals surface area contributed by atoms with Crippen LogP contribution in [0.5, 0.6) is 0 Å². The quantitative estimate of drug-likeness (QED) is 0.667. The van der Waals surface area contributed by atoms with Gasteiger partial charge in [-0.3, -0.25) is 4.99 Å². The predicted octanol–water partition coefficient (Wildman–Crippen LogP) is 2.54. The largest absolute Gasteiger partial charge is 0.356 e. The molecule has 1 aliphatic heterocycles. The number of nitrogens with zero attached hydrogens (tertiary/aromatic N) is 2. The third-order valence-electron chi connectivity index (χ3n) is 3.73. The number of aliphatic imine (C=N–C) groups is 1. The van der Waals surface area contributed by atoms with Crippen molar-refractivity contribution in [3.63, 3.8) is 0 Å². The van der Waals surface area contributed by atoms with Gasteiger partial charge in [-0.2, -0.15) is 0 Å². The number of rotatable bonds is 3. The van der Waals surface area contributed by atoms with Crippen molar-refractivity contribution < 1.29 is 0 Å². The topological polar surface area (TPSA) is 27.6 Å². The van der Waals surface area contributed by atoms with Gasteiger partial charge in [-0.15, -0.1) is 0 Å². The van der Waals surface area contributed by atoms with Crippen LogP contribution < -0.4 is 5.32 Å². The second-order valence-corrected chi connectivity index (χ2v) is 6.05. The number of guanidine groups is 1. The van der Waals surface area contributed by atoms with E-state index in [9.17, 15) is 0 Å². The Bertz CT molecular complexity index is 423. The standard InChI is InChI=1S/C16H25N3/c1-16(2)10-12-19(13-16)15(17-3)18-11-9-14-7-5-4-6-8-14/h4-8H,9-13H2,1-3H3,(H,17,18). The molecule has 3 nitrogen and oxygen atoms in total. The average molecular weight is 259 g/mol. The van der Waals surface area contributed by atoms with Gasteiger partial charge in [-0.05, 0) is 23.8 Å². The summed E-state index contributed by atoms with van der Waals surface area (Å²) in [7, 11) is 1.87. The molecule has 0 bridgehead atoms. The van der Waals surface area contributed by atoms with Gasteiger partial charge >= 0.3 is 0 Å². The number of benzene rings is 1. The third kappa shape index (κ3) is 3.98. The molecule has 1 aromatic carbocycles. The van der Waals surface area contributed by atoms with Gasteiger partial charge in [-0.25, -0.2) is 0 Å². The summed E-state index contributed by atoms with van der Waals surface area (Å²) >= 11 is 0. The van der Waals surface area contributed by atoms with E-state index >= 15 is 0 Å². The number of hydrogen-bond donors (Lipinski definition) is 1. The van der Waals surface area contributed by atoms with E-state index in [1.54, 1.807) is 0 Å². The first-order valence-corrected chi connectivity index (χ1v) is 7.10. The van der Waals surface area contributed by atoms with Gasteiger partial charge in [0, 0.05) is 26.7 Å². The molecule has 0 radical (unpaired) electrons. The number of hydrogen-bond acceptors (Lipinski definition) is 1. The molecule has 2 rings (SSSR count). The first-order valence-electron chi connectivity index (χ1n) is 7.10. The highest BCUT2D eigenvalue weighted by molar-refractivity contribution is 5.80. The summed E-state index contributed by atoms with van der Waals surface area (Å²) in [5, 5.41) is 3.47. The minimum atomic E-state index is 0.414. The van der Waals surface area contributed by atoms with Crippen LogP contribution in [0.3, 0.4) is 0 Å². The van der Waals surface area contributed by atoms with Crippen molar-refractivity contribution in [2.75, 3.05) is 26.7 Å². The van der Waals surface area contributed by atoms with Gasteiger partial charge in [-0.1, -0.05) is 44.2 Å². The van der Waals surface area contributed by atoms with Crippen LogP contribution >= 0.6 is 0 Å². The Morgan fingerprint density at radius 2 is 2.05 bits per heavy atom. The van der Waals surface area contributed by atoms with Crippen LogP contribution in [0.1, 0.15) is 25.8 Å². The Morgan fingerprint density at radius 1 is 1.32 bits per heavy atom. The zero-order valence-electron chi connectivity index (χ0n) is 12.3. The molecule has 1 saturated heterocycles. The van der Waals surface area contributed by atoms with Crippen LogP contribution in [-0.4, -0.2) is 37.5 Å². The fourth-order valence-electron chi connectivity index (χ4n) is 2.59. The molecule has 1 aromatic rings. The van der Waals surface area contributed by atoms with Crippen LogP contribution in [0.4, 0.5) is 0 Å². The lowest BCUT2D eigenvalue weighted by Crippen LogP contribution is -2.41. The van der Waals surface area contributed by atoms with Crippen molar-refractivity contribution in [2.24, 2.45) is 10.4 Å². The highest BCUT2D eigenvalue weighted by atomic mass is 15.3. The van der Waals surface area contributed by atoms with E-state index in [2.05, 4.69) is 59.4 Å². The minimum Gasteiger partial charge on any atom is -0.356 e. The lowest BCUT2D eigenvalue weighted by atomic mass is 9.93. The maximum atomic E-state index is 4.40. The zero-order valence-corrected chi connectivity index (χ0v) is 12.3. The van der Waals surface area contributed by atoms with E-state index in [0.717, 1.165) is 32.0 Å². The lowest BCUT2D eigenvalue weighted by molar-refractivity contribution is 0.370.